The molecular formula is C19H27O3S. The third-order valence-corrected chi connectivity index (χ3v) is 5.93. The van der Waals surface area contributed by atoms with E-state index in [1.807, 2.05) is 24.8 Å². The summed E-state index contributed by atoms with van der Waals surface area (Å²) in [4.78, 5) is 11.5. The summed E-state index contributed by atoms with van der Waals surface area (Å²) in [5, 5.41) is 10.3. The summed E-state index contributed by atoms with van der Waals surface area (Å²) in [5.41, 5.74) is 2.61. The van der Waals surface area contributed by atoms with Crippen molar-refractivity contribution in [1.29, 1.82) is 0 Å². The molecule has 0 bridgehead atoms. The highest BCUT2D eigenvalue weighted by atomic mass is 32.2. The van der Waals surface area contributed by atoms with Crippen LogP contribution in [0.2, 0.25) is 0 Å². The fourth-order valence-electron chi connectivity index (χ4n) is 3.43. The van der Waals surface area contributed by atoms with Gasteiger partial charge in [-0.1, -0.05) is 19.9 Å². The van der Waals surface area contributed by atoms with Crippen LogP contribution in [-0.4, -0.2) is 28.7 Å². The van der Waals surface area contributed by atoms with Gasteiger partial charge in [0.05, 0.1) is 13.0 Å². The number of fused-ring (bicyclic) bond motifs is 1. The lowest BCUT2D eigenvalue weighted by Crippen LogP contribution is -2.36. The average Bonchev–Trinajstić information content (AvgIpc) is 2.54. The highest BCUT2D eigenvalue weighted by molar-refractivity contribution is 8.00. The zero-order valence-electron chi connectivity index (χ0n) is 14.3. The number of hydrogen-bond donors (Lipinski definition) is 1. The molecule has 1 aliphatic carbocycles. The average molecular weight is 335 g/mol. The Labute approximate surface area is 143 Å². The molecule has 0 aromatic heterocycles. The number of thioether (sulfide) groups is 1. The first-order chi connectivity index (χ1) is 11.0. The summed E-state index contributed by atoms with van der Waals surface area (Å²) in [6, 6.07) is 5.76. The number of rotatable bonds is 7. The zero-order valence-corrected chi connectivity index (χ0v) is 15.1. The van der Waals surface area contributed by atoms with Crippen molar-refractivity contribution >= 4 is 17.7 Å². The SMILES string of the molecule is CCOC(=O)CCSC1[CH]C(CC)(CC)c2cc(O)ccc2C1. The van der Waals surface area contributed by atoms with Crippen LogP contribution in [0.3, 0.4) is 0 Å². The Kier molecular flexibility index (Phi) is 6.40. The summed E-state index contributed by atoms with van der Waals surface area (Å²) in [7, 11) is 0. The summed E-state index contributed by atoms with van der Waals surface area (Å²) >= 11 is 1.83. The van der Waals surface area contributed by atoms with Crippen molar-refractivity contribution in [3.8, 4) is 5.75 Å². The number of hydrogen-bond acceptors (Lipinski definition) is 4. The summed E-state index contributed by atoms with van der Waals surface area (Å²) in [6.45, 7) is 6.70. The van der Waals surface area contributed by atoms with E-state index in [9.17, 15) is 9.90 Å². The molecule has 127 valence electrons. The molecular weight excluding hydrogens is 308 g/mol. The van der Waals surface area contributed by atoms with E-state index in [1.54, 1.807) is 6.07 Å². The summed E-state index contributed by atoms with van der Waals surface area (Å²) in [5.74, 6) is 1.02. The first-order valence-electron chi connectivity index (χ1n) is 8.50. The van der Waals surface area contributed by atoms with Gasteiger partial charge in [-0.05, 0) is 61.3 Å². The maximum Gasteiger partial charge on any atom is 0.306 e. The number of phenolic OH excluding ortho intramolecular Hbond substituents is 1. The van der Waals surface area contributed by atoms with E-state index in [4.69, 9.17) is 4.74 Å². The molecule has 3 nitrogen and oxygen atoms in total. The molecule has 0 amide bonds. The molecule has 1 aromatic carbocycles. The largest absolute Gasteiger partial charge is 0.508 e. The van der Waals surface area contributed by atoms with E-state index < -0.39 is 0 Å². The van der Waals surface area contributed by atoms with E-state index in [0.29, 0.717) is 24.0 Å². The van der Waals surface area contributed by atoms with Crippen LogP contribution < -0.4 is 0 Å². The normalized spacial score (nSPS) is 19.2. The van der Waals surface area contributed by atoms with Crippen LogP contribution in [0.1, 0.15) is 51.2 Å². The molecule has 1 N–H and O–H groups in total. The molecule has 0 aliphatic heterocycles. The van der Waals surface area contributed by atoms with E-state index in [-0.39, 0.29) is 11.4 Å². The van der Waals surface area contributed by atoms with Gasteiger partial charge in [0.2, 0.25) is 0 Å². The molecule has 0 fully saturated rings. The fourth-order valence-corrected chi connectivity index (χ4v) is 4.67. The Bertz CT molecular complexity index is 537. The maximum absolute atomic E-state index is 11.5. The molecule has 0 heterocycles. The van der Waals surface area contributed by atoms with Crippen molar-refractivity contribution in [2.24, 2.45) is 0 Å². The number of carbonyl (C=O) groups is 1. The van der Waals surface area contributed by atoms with Gasteiger partial charge in [-0.3, -0.25) is 4.79 Å². The van der Waals surface area contributed by atoms with Crippen LogP contribution in [0.25, 0.3) is 0 Å². The maximum atomic E-state index is 11.5. The van der Waals surface area contributed by atoms with Crippen LogP contribution in [-0.2, 0) is 21.4 Å². The standard InChI is InChI=1S/C19H27O3S/c1-4-19(5-2)13-16(23-10-9-18(21)22-6-3)11-14-7-8-15(20)12-17(14)19/h7-8,12-13,16,20H,4-6,9-11H2,1-3H3. The fraction of sp³-hybridized carbons (Fsp3) is 0.579. The number of aromatic hydroxyl groups is 1. The number of ether oxygens (including phenoxy) is 1. The predicted octanol–water partition coefficient (Wildman–Crippen LogP) is 4.27. The zero-order chi connectivity index (χ0) is 16.9. The molecule has 0 saturated heterocycles. The van der Waals surface area contributed by atoms with Gasteiger partial charge in [-0.2, -0.15) is 11.8 Å². The minimum atomic E-state index is -0.113. The molecule has 1 atom stereocenters. The number of carbonyl (C=O) groups excluding carboxylic acids is 1. The smallest absolute Gasteiger partial charge is 0.306 e. The molecule has 1 unspecified atom stereocenters. The quantitative estimate of drug-likeness (QED) is 0.756. The molecule has 2 rings (SSSR count). The van der Waals surface area contributed by atoms with Crippen molar-refractivity contribution in [2.75, 3.05) is 12.4 Å². The van der Waals surface area contributed by atoms with Gasteiger partial charge in [0, 0.05) is 11.0 Å². The van der Waals surface area contributed by atoms with E-state index >= 15 is 0 Å². The summed E-state index contributed by atoms with van der Waals surface area (Å²) < 4.78 is 4.99. The van der Waals surface area contributed by atoms with Crippen LogP contribution in [0, 0.1) is 6.42 Å². The molecule has 1 aliphatic rings. The molecule has 1 aromatic rings. The second kappa shape index (κ2) is 8.09. The first-order valence-corrected chi connectivity index (χ1v) is 9.55. The van der Waals surface area contributed by atoms with E-state index in [1.165, 1.54) is 11.1 Å². The molecule has 0 saturated carbocycles. The second-order valence-corrected chi connectivity index (χ2v) is 7.39. The van der Waals surface area contributed by atoms with Crippen LogP contribution in [0.4, 0.5) is 0 Å². The Hall–Kier alpha value is -1.16. The third-order valence-electron chi connectivity index (χ3n) is 4.76. The lowest BCUT2D eigenvalue weighted by molar-refractivity contribution is -0.142. The number of phenols is 1. The highest BCUT2D eigenvalue weighted by Crippen LogP contribution is 2.45. The third kappa shape index (κ3) is 4.23. The Balaban J connectivity index is 2.08. The number of benzene rings is 1. The first kappa shape index (κ1) is 18.2. The van der Waals surface area contributed by atoms with Gasteiger partial charge in [-0.15, -0.1) is 0 Å². The van der Waals surface area contributed by atoms with Crippen molar-refractivity contribution in [3.05, 3.63) is 35.7 Å². The number of esters is 1. The lowest BCUT2D eigenvalue weighted by Gasteiger charge is -2.41. The van der Waals surface area contributed by atoms with Gasteiger partial charge in [0.25, 0.3) is 0 Å². The van der Waals surface area contributed by atoms with E-state index in [0.717, 1.165) is 25.0 Å². The minimum Gasteiger partial charge on any atom is -0.508 e. The van der Waals surface area contributed by atoms with Gasteiger partial charge < -0.3 is 9.84 Å². The highest BCUT2D eigenvalue weighted by Gasteiger charge is 2.38. The predicted molar refractivity (Wildman–Crippen MR) is 95.9 cm³/mol. The Morgan fingerprint density at radius 1 is 1.35 bits per heavy atom. The van der Waals surface area contributed by atoms with Gasteiger partial charge in [-0.25, -0.2) is 0 Å². The van der Waals surface area contributed by atoms with Gasteiger partial charge in [0.15, 0.2) is 0 Å². The van der Waals surface area contributed by atoms with Crippen molar-refractivity contribution in [1.82, 2.24) is 0 Å². The topological polar surface area (TPSA) is 46.5 Å². The van der Waals surface area contributed by atoms with E-state index in [2.05, 4.69) is 26.3 Å². The van der Waals surface area contributed by atoms with Crippen LogP contribution in [0.5, 0.6) is 5.75 Å². The Morgan fingerprint density at radius 2 is 2.09 bits per heavy atom. The summed E-state index contributed by atoms with van der Waals surface area (Å²) in [6.07, 6.45) is 5.91. The monoisotopic (exact) mass is 335 g/mol. The van der Waals surface area contributed by atoms with Crippen molar-refractivity contribution < 1.29 is 14.6 Å². The molecule has 23 heavy (non-hydrogen) atoms. The minimum absolute atomic E-state index is 0.0217. The van der Waals surface area contributed by atoms with Gasteiger partial charge in [0.1, 0.15) is 5.75 Å². The second-order valence-electron chi connectivity index (χ2n) is 6.04. The molecule has 1 radical (unpaired) electrons. The van der Waals surface area contributed by atoms with Crippen molar-refractivity contribution in [3.63, 3.8) is 0 Å². The van der Waals surface area contributed by atoms with Gasteiger partial charge >= 0.3 is 5.97 Å². The molecule has 0 spiro atoms. The lowest BCUT2D eigenvalue weighted by atomic mass is 9.66. The molecule has 4 heteroatoms. The Morgan fingerprint density at radius 3 is 2.74 bits per heavy atom. The van der Waals surface area contributed by atoms with Crippen LogP contribution >= 0.6 is 11.8 Å². The van der Waals surface area contributed by atoms with Crippen molar-refractivity contribution in [2.45, 2.75) is 57.1 Å². The van der Waals surface area contributed by atoms with Crippen LogP contribution in [0.15, 0.2) is 18.2 Å².